The second-order valence-electron chi connectivity index (χ2n) is 3.92. The number of hydrogen-bond acceptors (Lipinski definition) is 4. The van der Waals surface area contributed by atoms with Gasteiger partial charge in [-0.2, -0.15) is 5.26 Å². The van der Waals surface area contributed by atoms with Crippen molar-refractivity contribution < 1.29 is 9.90 Å². The molecule has 1 N–H and O–H groups in total. The van der Waals surface area contributed by atoms with Crippen molar-refractivity contribution in [3.05, 3.63) is 53.9 Å². The molecule has 0 aliphatic heterocycles. The van der Waals surface area contributed by atoms with Gasteiger partial charge in [0, 0.05) is 18.9 Å². The smallest absolute Gasteiger partial charge is 0.261 e. The fourth-order valence-corrected chi connectivity index (χ4v) is 1.62. The fourth-order valence-electron chi connectivity index (χ4n) is 1.62. The van der Waals surface area contributed by atoms with Gasteiger partial charge in [-0.05, 0) is 30.3 Å². The van der Waals surface area contributed by atoms with Crippen molar-refractivity contribution in [1.82, 2.24) is 4.98 Å². The van der Waals surface area contributed by atoms with Crippen molar-refractivity contribution in [2.24, 2.45) is 0 Å². The molecule has 1 aromatic carbocycles. The number of pyridine rings is 1. The van der Waals surface area contributed by atoms with Crippen LogP contribution < -0.4 is 4.90 Å². The second-order valence-corrected chi connectivity index (χ2v) is 3.92. The lowest BCUT2D eigenvalue weighted by Gasteiger charge is -2.17. The zero-order valence-corrected chi connectivity index (χ0v) is 10.2. The Labute approximate surface area is 110 Å². The van der Waals surface area contributed by atoms with Crippen LogP contribution in [0.3, 0.4) is 0 Å². The first-order chi connectivity index (χ1) is 9.13. The highest BCUT2D eigenvalue weighted by Crippen LogP contribution is 2.20. The van der Waals surface area contributed by atoms with E-state index in [-0.39, 0.29) is 17.2 Å². The molecule has 0 aliphatic carbocycles. The summed E-state index contributed by atoms with van der Waals surface area (Å²) in [6, 6.07) is 10.1. The van der Waals surface area contributed by atoms with Gasteiger partial charge in [-0.15, -0.1) is 0 Å². The first kappa shape index (κ1) is 12.6. The fraction of sp³-hybridized carbons (Fsp3) is 0.0714. The van der Waals surface area contributed by atoms with E-state index in [0.717, 1.165) is 0 Å². The third-order valence-electron chi connectivity index (χ3n) is 2.72. The topological polar surface area (TPSA) is 77.2 Å². The van der Waals surface area contributed by atoms with Crippen LogP contribution in [0.15, 0.2) is 42.7 Å². The lowest BCUT2D eigenvalue weighted by atomic mass is 10.2. The molecule has 0 unspecified atom stereocenters. The Balaban J connectivity index is 2.29. The summed E-state index contributed by atoms with van der Waals surface area (Å²) in [5, 5.41) is 18.3. The number of nitriles is 1. The maximum absolute atomic E-state index is 12.2. The van der Waals surface area contributed by atoms with Gasteiger partial charge in [0.25, 0.3) is 5.91 Å². The molecule has 2 rings (SSSR count). The number of rotatable bonds is 2. The normalized spacial score (nSPS) is 9.68. The van der Waals surface area contributed by atoms with Gasteiger partial charge in [-0.25, -0.2) is 0 Å². The van der Waals surface area contributed by atoms with Gasteiger partial charge in [0.05, 0.1) is 23.4 Å². The summed E-state index contributed by atoms with van der Waals surface area (Å²) in [7, 11) is 1.60. The average molecular weight is 253 g/mol. The summed E-state index contributed by atoms with van der Waals surface area (Å²) < 4.78 is 0. The summed E-state index contributed by atoms with van der Waals surface area (Å²) in [5.74, 6) is -0.502. The molecule has 0 atom stereocenters. The van der Waals surface area contributed by atoms with Crippen LogP contribution in [0.5, 0.6) is 5.75 Å². The van der Waals surface area contributed by atoms with Gasteiger partial charge in [-0.1, -0.05) is 0 Å². The van der Waals surface area contributed by atoms with E-state index in [1.54, 1.807) is 31.3 Å². The van der Waals surface area contributed by atoms with E-state index in [1.165, 1.54) is 23.4 Å². The Morgan fingerprint density at radius 3 is 2.58 bits per heavy atom. The van der Waals surface area contributed by atoms with Crippen LogP contribution in [0.2, 0.25) is 0 Å². The minimum atomic E-state index is -0.343. The monoisotopic (exact) mass is 253 g/mol. The van der Waals surface area contributed by atoms with Crippen molar-refractivity contribution >= 4 is 11.6 Å². The third-order valence-corrected chi connectivity index (χ3v) is 2.72. The standard InChI is InChI=1S/C14H11N3O2/c1-17(11-4-2-10(8-15)3-5-11)14(19)12-6-7-16-9-13(12)18/h2-7,9,18H,1H3. The largest absolute Gasteiger partial charge is 0.505 e. The van der Waals surface area contributed by atoms with Crippen LogP contribution in [0.25, 0.3) is 0 Å². The molecule has 0 fully saturated rings. The molecule has 5 heteroatoms. The predicted molar refractivity (Wildman–Crippen MR) is 69.8 cm³/mol. The Bertz CT molecular complexity index is 644. The number of carbonyl (C=O) groups excluding carboxylic acids is 1. The summed E-state index contributed by atoms with van der Waals surface area (Å²) in [5.41, 5.74) is 1.35. The molecule has 0 aliphatic rings. The first-order valence-electron chi connectivity index (χ1n) is 5.54. The minimum absolute atomic E-state index is 0.159. The van der Waals surface area contributed by atoms with Gasteiger partial charge in [0.15, 0.2) is 0 Å². The van der Waals surface area contributed by atoms with E-state index in [9.17, 15) is 9.90 Å². The lowest BCUT2D eigenvalue weighted by molar-refractivity contribution is 0.0990. The molecule has 0 spiro atoms. The highest BCUT2D eigenvalue weighted by Gasteiger charge is 2.16. The molecule has 1 amide bonds. The molecule has 1 heterocycles. The summed E-state index contributed by atoms with van der Waals surface area (Å²) in [6.07, 6.45) is 2.67. The van der Waals surface area contributed by atoms with E-state index in [2.05, 4.69) is 4.98 Å². The molecule has 0 saturated heterocycles. The first-order valence-corrected chi connectivity index (χ1v) is 5.54. The summed E-state index contributed by atoms with van der Waals surface area (Å²) in [4.78, 5) is 17.3. The Morgan fingerprint density at radius 2 is 2.00 bits per heavy atom. The van der Waals surface area contributed by atoms with Gasteiger partial charge >= 0.3 is 0 Å². The Kier molecular flexibility index (Phi) is 3.44. The molecule has 94 valence electrons. The van der Waals surface area contributed by atoms with Gasteiger partial charge in [0.2, 0.25) is 0 Å². The summed E-state index contributed by atoms with van der Waals surface area (Å²) >= 11 is 0. The number of aromatic nitrogens is 1. The minimum Gasteiger partial charge on any atom is -0.505 e. The van der Waals surface area contributed by atoms with E-state index in [4.69, 9.17) is 5.26 Å². The maximum Gasteiger partial charge on any atom is 0.261 e. The third kappa shape index (κ3) is 2.53. The quantitative estimate of drug-likeness (QED) is 0.887. The van der Waals surface area contributed by atoms with Gasteiger partial charge in [0.1, 0.15) is 5.75 Å². The number of benzene rings is 1. The van der Waals surface area contributed by atoms with Crippen LogP contribution in [0.1, 0.15) is 15.9 Å². The number of hydrogen-bond donors (Lipinski definition) is 1. The number of amides is 1. The molecule has 5 nitrogen and oxygen atoms in total. The molecular formula is C14H11N3O2. The summed E-state index contributed by atoms with van der Waals surface area (Å²) in [6.45, 7) is 0. The van der Waals surface area contributed by atoms with Crippen LogP contribution in [-0.2, 0) is 0 Å². The van der Waals surface area contributed by atoms with Crippen LogP contribution in [0.4, 0.5) is 5.69 Å². The molecule has 0 bridgehead atoms. The molecule has 1 aromatic heterocycles. The number of aromatic hydroxyl groups is 1. The van der Waals surface area contributed by atoms with E-state index in [0.29, 0.717) is 11.3 Å². The molecular weight excluding hydrogens is 242 g/mol. The van der Waals surface area contributed by atoms with E-state index in [1.807, 2.05) is 6.07 Å². The van der Waals surface area contributed by atoms with Crippen LogP contribution in [0, 0.1) is 11.3 Å². The molecule has 0 saturated carbocycles. The van der Waals surface area contributed by atoms with Crippen LogP contribution in [-0.4, -0.2) is 23.0 Å². The average Bonchev–Trinajstić information content (AvgIpc) is 2.46. The molecule has 2 aromatic rings. The highest BCUT2D eigenvalue weighted by atomic mass is 16.3. The van der Waals surface area contributed by atoms with Crippen molar-refractivity contribution in [2.75, 3.05) is 11.9 Å². The van der Waals surface area contributed by atoms with Crippen molar-refractivity contribution in [2.45, 2.75) is 0 Å². The van der Waals surface area contributed by atoms with Crippen molar-refractivity contribution in [1.29, 1.82) is 5.26 Å². The van der Waals surface area contributed by atoms with Crippen molar-refractivity contribution in [3.63, 3.8) is 0 Å². The van der Waals surface area contributed by atoms with E-state index < -0.39 is 0 Å². The maximum atomic E-state index is 12.2. The zero-order valence-electron chi connectivity index (χ0n) is 10.2. The number of nitrogens with zero attached hydrogens (tertiary/aromatic N) is 3. The molecule has 0 radical (unpaired) electrons. The van der Waals surface area contributed by atoms with Gasteiger partial charge < -0.3 is 10.0 Å². The number of anilines is 1. The highest BCUT2D eigenvalue weighted by molar-refractivity contribution is 6.07. The predicted octanol–water partition coefficient (Wildman–Crippen LogP) is 1.94. The van der Waals surface area contributed by atoms with Crippen LogP contribution >= 0.6 is 0 Å². The Morgan fingerprint density at radius 1 is 1.32 bits per heavy atom. The second kappa shape index (κ2) is 5.19. The van der Waals surface area contributed by atoms with E-state index >= 15 is 0 Å². The SMILES string of the molecule is CN(C(=O)c1ccncc1O)c1ccc(C#N)cc1. The lowest BCUT2D eigenvalue weighted by Crippen LogP contribution is -2.26. The Hall–Kier alpha value is -2.87. The van der Waals surface area contributed by atoms with Gasteiger partial charge in [-0.3, -0.25) is 9.78 Å². The number of carbonyl (C=O) groups is 1. The molecule has 19 heavy (non-hydrogen) atoms. The zero-order chi connectivity index (χ0) is 13.8. The van der Waals surface area contributed by atoms with Crippen molar-refractivity contribution in [3.8, 4) is 11.8 Å².